The molecule has 0 atom stereocenters. The smallest absolute Gasteiger partial charge is 0.550 e. The van der Waals surface area contributed by atoms with Gasteiger partial charge in [-0.2, -0.15) is 0 Å². The zero-order chi connectivity index (χ0) is 16.0. The van der Waals surface area contributed by atoms with Crippen LogP contribution in [0, 0.1) is 0 Å². The van der Waals surface area contributed by atoms with E-state index >= 15 is 0 Å². The first-order valence-electron chi connectivity index (χ1n) is 5.86. The van der Waals surface area contributed by atoms with Gasteiger partial charge in [0.2, 0.25) is 0 Å². The van der Waals surface area contributed by atoms with E-state index in [1.807, 2.05) is 0 Å². The van der Waals surface area contributed by atoms with Crippen molar-refractivity contribution >= 4 is 23.9 Å². The summed E-state index contributed by atoms with van der Waals surface area (Å²) in [5, 5.41) is 19.6. The molecular weight excluding hydrogens is 331 g/mol. The molecule has 0 bridgehead atoms. The zero-order valence-corrected chi connectivity index (χ0v) is 12.9. The van der Waals surface area contributed by atoms with Crippen molar-refractivity contribution in [2.75, 3.05) is 14.2 Å². The fraction of sp³-hybridized carbons (Fsp3) is 0.667. The number of hydrogen-bond acceptors (Lipinski definition) is 8. The van der Waals surface area contributed by atoms with E-state index in [0.717, 1.165) is 0 Å². The van der Waals surface area contributed by atoms with Crippen molar-refractivity contribution in [3.63, 3.8) is 0 Å². The second-order valence-corrected chi connectivity index (χ2v) is 3.60. The van der Waals surface area contributed by atoms with Crippen LogP contribution in [0.4, 0.5) is 0 Å². The van der Waals surface area contributed by atoms with Gasteiger partial charge in [0.1, 0.15) is 0 Å². The Bertz CT molecular complexity index is 297. The molecule has 123 valence electrons. The quantitative estimate of drug-likeness (QED) is 0.467. The first kappa shape index (κ1) is 24.4. The van der Waals surface area contributed by atoms with E-state index in [0.29, 0.717) is 0 Å². The van der Waals surface area contributed by atoms with Crippen LogP contribution in [0.1, 0.15) is 38.5 Å². The fourth-order valence-electron chi connectivity index (χ4n) is 0.958. The predicted octanol–water partition coefficient (Wildman–Crippen LogP) is -1.84. The number of carbonyl (C=O) groups is 4. The monoisotopic (exact) mass is 349 g/mol. The molecule has 1 radical (unpaired) electrons. The predicted molar refractivity (Wildman–Crippen MR) is 61.7 cm³/mol. The SMILES string of the molecule is COC(=O)CCCC(=O)[O-].COC(=O)CCCC(=O)[O-].[Co+2]. The summed E-state index contributed by atoms with van der Waals surface area (Å²) in [6, 6.07) is 0. The van der Waals surface area contributed by atoms with Crippen LogP contribution in [0.15, 0.2) is 0 Å². The number of carboxylic acids is 2. The molecule has 21 heavy (non-hydrogen) atoms. The van der Waals surface area contributed by atoms with E-state index in [9.17, 15) is 29.4 Å². The van der Waals surface area contributed by atoms with Crippen LogP contribution in [-0.4, -0.2) is 38.1 Å². The van der Waals surface area contributed by atoms with Gasteiger partial charge in [-0.05, 0) is 25.7 Å². The van der Waals surface area contributed by atoms with Gasteiger partial charge in [0, 0.05) is 24.8 Å². The summed E-state index contributed by atoms with van der Waals surface area (Å²) in [5.74, 6) is -3.05. The van der Waals surface area contributed by atoms with Crippen LogP contribution >= 0.6 is 0 Å². The van der Waals surface area contributed by atoms with Gasteiger partial charge < -0.3 is 29.3 Å². The van der Waals surface area contributed by atoms with Gasteiger partial charge in [0.25, 0.3) is 0 Å². The molecule has 0 aliphatic carbocycles. The molecule has 0 aromatic heterocycles. The Balaban J connectivity index is -0.000000295. The van der Waals surface area contributed by atoms with Crippen molar-refractivity contribution < 1.29 is 55.6 Å². The number of methoxy groups -OCH3 is 2. The number of aliphatic carboxylic acids is 2. The topological polar surface area (TPSA) is 133 Å². The third-order valence-electron chi connectivity index (χ3n) is 1.98. The summed E-state index contributed by atoms with van der Waals surface area (Å²) in [6.07, 6.45) is 0.684. The standard InChI is InChI=1S/2C6H10O4.Co/c2*1-10-6(9)4-2-3-5(7)8;/h2*2-4H2,1H3,(H,7,8);/q;;+2/p-2. The van der Waals surface area contributed by atoms with E-state index in [4.69, 9.17) is 0 Å². The summed E-state index contributed by atoms with van der Waals surface area (Å²) in [6.45, 7) is 0. The van der Waals surface area contributed by atoms with Gasteiger partial charge in [-0.1, -0.05) is 0 Å². The Morgan fingerprint density at radius 1 is 0.714 bits per heavy atom. The Kier molecular flexibility index (Phi) is 19.1. The molecule has 8 nitrogen and oxygen atoms in total. The van der Waals surface area contributed by atoms with Crippen LogP contribution in [0.5, 0.6) is 0 Å². The Morgan fingerprint density at radius 2 is 1.00 bits per heavy atom. The molecule has 9 heteroatoms. The molecule has 0 spiro atoms. The van der Waals surface area contributed by atoms with E-state index in [-0.39, 0.29) is 67.2 Å². The minimum absolute atomic E-state index is 0. The van der Waals surface area contributed by atoms with Crippen molar-refractivity contribution in [3.8, 4) is 0 Å². The molecule has 0 saturated heterocycles. The zero-order valence-electron chi connectivity index (χ0n) is 11.8. The molecule has 0 aliphatic rings. The van der Waals surface area contributed by atoms with E-state index in [2.05, 4.69) is 9.47 Å². The van der Waals surface area contributed by atoms with E-state index in [1.165, 1.54) is 14.2 Å². The van der Waals surface area contributed by atoms with Gasteiger partial charge in [-0.3, -0.25) is 9.59 Å². The van der Waals surface area contributed by atoms with Crippen LogP contribution < -0.4 is 10.2 Å². The average molecular weight is 349 g/mol. The maximum Gasteiger partial charge on any atom is 2.00 e. The second-order valence-electron chi connectivity index (χ2n) is 3.60. The van der Waals surface area contributed by atoms with Gasteiger partial charge in [0.05, 0.1) is 14.2 Å². The van der Waals surface area contributed by atoms with Crippen molar-refractivity contribution in [1.29, 1.82) is 0 Å². The van der Waals surface area contributed by atoms with Gasteiger partial charge in [0.15, 0.2) is 0 Å². The van der Waals surface area contributed by atoms with Crippen LogP contribution in [-0.2, 0) is 45.4 Å². The first-order chi connectivity index (χ1) is 9.33. The summed E-state index contributed by atoms with van der Waals surface area (Å²) in [4.78, 5) is 40.3. The molecule has 0 N–H and O–H groups in total. The molecular formula is C12H18CoO8. The maximum absolute atomic E-state index is 10.4. The van der Waals surface area contributed by atoms with Crippen molar-refractivity contribution in [3.05, 3.63) is 0 Å². The number of esters is 2. The van der Waals surface area contributed by atoms with Gasteiger partial charge >= 0.3 is 28.7 Å². The molecule has 0 heterocycles. The number of carbonyl (C=O) groups excluding carboxylic acids is 4. The van der Waals surface area contributed by atoms with Crippen LogP contribution in [0.2, 0.25) is 0 Å². The minimum atomic E-state index is -1.14. The van der Waals surface area contributed by atoms with Crippen LogP contribution in [0.3, 0.4) is 0 Å². The number of rotatable bonds is 8. The minimum Gasteiger partial charge on any atom is -0.550 e. The average Bonchev–Trinajstić information content (AvgIpc) is 2.38. The maximum atomic E-state index is 10.4. The van der Waals surface area contributed by atoms with Crippen molar-refractivity contribution in [1.82, 2.24) is 0 Å². The normalized spacial score (nSPS) is 8.48. The molecule has 0 rings (SSSR count). The molecule has 0 aliphatic heterocycles. The molecule has 0 saturated carbocycles. The second kappa shape index (κ2) is 16.4. The Labute approximate surface area is 133 Å². The van der Waals surface area contributed by atoms with E-state index in [1.54, 1.807) is 0 Å². The van der Waals surface area contributed by atoms with Gasteiger partial charge in [-0.25, -0.2) is 0 Å². The first-order valence-corrected chi connectivity index (χ1v) is 5.86. The Hall–Kier alpha value is -1.61. The fourth-order valence-corrected chi connectivity index (χ4v) is 0.958. The number of ether oxygens (including phenoxy) is 2. The Morgan fingerprint density at radius 3 is 1.19 bits per heavy atom. The third-order valence-corrected chi connectivity index (χ3v) is 1.98. The van der Waals surface area contributed by atoms with Crippen molar-refractivity contribution in [2.24, 2.45) is 0 Å². The van der Waals surface area contributed by atoms with Gasteiger partial charge in [-0.15, -0.1) is 0 Å². The summed E-state index contributed by atoms with van der Waals surface area (Å²) >= 11 is 0. The number of carboxylic acid groups (broad SMARTS) is 2. The molecule has 0 aromatic rings. The van der Waals surface area contributed by atoms with E-state index < -0.39 is 11.9 Å². The van der Waals surface area contributed by atoms with Crippen LogP contribution in [0.25, 0.3) is 0 Å². The molecule has 0 unspecified atom stereocenters. The summed E-state index contributed by atoms with van der Waals surface area (Å²) in [5.41, 5.74) is 0. The molecule has 0 amide bonds. The summed E-state index contributed by atoms with van der Waals surface area (Å²) < 4.78 is 8.56. The van der Waals surface area contributed by atoms with Crippen molar-refractivity contribution in [2.45, 2.75) is 38.5 Å². The molecule has 0 fully saturated rings. The number of hydrogen-bond donors (Lipinski definition) is 0. The summed E-state index contributed by atoms with van der Waals surface area (Å²) in [7, 11) is 2.53. The largest absolute Gasteiger partial charge is 2.00 e. The molecule has 0 aromatic carbocycles. The third kappa shape index (κ3) is 23.9.